The standard InChI is InChI=1S/C16H9Br2NO3/c1-7(20)19-14-11(18)6-10(17)12-13(14)16(22)9-5-3-2-4-8(9)15(12)21/h2-6H,1H3,(H,19,20). The van der Waals surface area contributed by atoms with Crippen LogP contribution < -0.4 is 5.32 Å². The Balaban J connectivity index is 2.36. The lowest BCUT2D eigenvalue weighted by atomic mass is 9.83. The molecule has 1 N–H and O–H groups in total. The number of halogens is 2. The number of carbonyl (C=O) groups excluding carboxylic acids is 3. The molecule has 2 aromatic carbocycles. The summed E-state index contributed by atoms with van der Waals surface area (Å²) in [4.78, 5) is 37.0. The van der Waals surface area contributed by atoms with Crippen LogP contribution in [0.5, 0.6) is 0 Å². The lowest BCUT2D eigenvalue weighted by molar-refractivity contribution is -0.114. The van der Waals surface area contributed by atoms with Gasteiger partial charge in [0.15, 0.2) is 11.6 Å². The lowest BCUT2D eigenvalue weighted by Crippen LogP contribution is -2.24. The van der Waals surface area contributed by atoms with Gasteiger partial charge in [-0.15, -0.1) is 0 Å². The van der Waals surface area contributed by atoms with Gasteiger partial charge in [0.1, 0.15) is 0 Å². The van der Waals surface area contributed by atoms with Crippen molar-refractivity contribution in [2.24, 2.45) is 0 Å². The van der Waals surface area contributed by atoms with Crippen LogP contribution in [-0.2, 0) is 4.79 Å². The normalized spacial score (nSPS) is 12.7. The second-order valence-electron chi connectivity index (χ2n) is 4.85. The minimum atomic E-state index is -0.315. The average molecular weight is 423 g/mol. The summed E-state index contributed by atoms with van der Waals surface area (Å²) in [6, 6.07) is 8.33. The number of hydrogen-bond acceptors (Lipinski definition) is 3. The van der Waals surface area contributed by atoms with Crippen molar-refractivity contribution in [3.8, 4) is 0 Å². The first kappa shape index (κ1) is 15.1. The zero-order valence-corrected chi connectivity index (χ0v) is 14.5. The maximum atomic E-state index is 12.8. The van der Waals surface area contributed by atoms with E-state index in [-0.39, 0.29) is 28.6 Å². The van der Waals surface area contributed by atoms with E-state index in [4.69, 9.17) is 0 Å². The topological polar surface area (TPSA) is 63.2 Å². The SMILES string of the molecule is CC(=O)Nc1c(Br)cc(Br)c2c1C(=O)c1ccccc1C2=O. The van der Waals surface area contributed by atoms with Crippen molar-refractivity contribution in [2.45, 2.75) is 6.92 Å². The third-order valence-electron chi connectivity index (χ3n) is 3.40. The summed E-state index contributed by atoms with van der Waals surface area (Å²) in [5.74, 6) is -0.837. The Morgan fingerprint density at radius 1 is 0.955 bits per heavy atom. The highest BCUT2D eigenvalue weighted by molar-refractivity contribution is 9.11. The highest BCUT2D eigenvalue weighted by atomic mass is 79.9. The van der Waals surface area contributed by atoms with E-state index < -0.39 is 0 Å². The van der Waals surface area contributed by atoms with E-state index in [0.717, 1.165) is 0 Å². The van der Waals surface area contributed by atoms with E-state index in [1.54, 1.807) is 30.3 Å². The predicted octanol–water partition coefficient (Wildman–Crippen LogP) is 3.95. The molecule has 0 spiro atoms. The van der Waals surface area contributed by atoms with Crippen molar-refractivity contribution in [1.82, 2.24) is 0 Å². The van der Waals surface area contributed by atoms with Crippen molar-refractivity contribution in [3.63, 3.8) is 0 Å². The third kappa shape index (κ3) is 2.23. The van der Waals surface area contributed by atoms with Gasteiger partial charge in [0.05, 0.1) is 16.8 Å². The molecule has 1 aliphatic rings. The molecule has 0 bridgehead atoms. The molecule has 0 radical (unpaired) electrons. The van der Waals surface area contributed by atoms with Crippen molar-refractivity contribution in [3.05, 3.63) is 61.5 Å². The second-order valence-corrected chi connectivity index (χ2v) is 6.56. The van der Waals surface area contributed by atoms with Gasteiger partial charge in [-0.3, -0.25) is 14.4 Å². The van der Waals surface area contributed by atoms with Gasteiger partial charge < -0.3 is 5.32 Å². The number of benzene rings is 2. The summed E-state index contributed by atoms with van der Waals surface area (Å²) >= 11 is 6.67. The summed E-state index contributed by atoms with van der Waals surface area (Å²) in [7, 11) is 0. The number of ketones is 2. The Kier molecular flexibility index (Phi) is 3.74. The average Bonchev–Trinajstić information content (AvgIpc) is 2.47. The first-order valence-electron chi connectivity index (χ1n) is 6.40. The smallest absolute Gasteiger partial charge is 0.221 e. The molecule has 0 heterocycles. The molecule has 0 aromatic heterocycles. The van der Waals surface area contributed by atoms with Crippen LogP contribution in [0, 0.1) is 0 Å². The monoisotopic (exact) mass is 421 g/mol. The van der Waals surface area contributed by atoms with Crippen molar-refractivity contribution < 1.29 is 14.4 Å². The zero-order chi connectivity index (χ0) is 16.0. The number of nitrogens with one attached hydrogen (secondary N) is 1. The molecule has 22 heavy (non-hydrogen) atoms. The number of anilines is 1. The first-order valence-corrected chi connectivity index (χ1v) is 7.98. The largest absolute Gasteiger partial charge is 0.325 e. The van der Waals surface area contributed by atoms with Gasteiger partial charge >= 0.3 is 0 Å². The van der Waals surface area contributed by atoms with Gasteiger partial charge in [-0.2, -0.15) is 0 Å². The molecule has 4 nitrogen and oxygen atoms in total. The van der Waals surface area contributed by atoms with Crippen LogP contribution in [0.3, 0.4) is 0 Å². The molecule has 110 valence electrons. The second kappa shape index (κ2) is 5.44. The van der Waals surface area contributed by atoms with Crippen molar-refractivity contribution >= 4 is 55.0 Å². The van der Waals surface area contributed by atoms with E-state index in [2.05, 4.69) is 37.2 Å². The van der Waals surface area contributed by atoms with Gasteiger partial charge in [0, 0.05) is 27.0 Å². The number of hydrogen-bond donors (Lipinski definition) is 1. The Hall–Kier alpha value is -1.79. The van der Waals surface area contributed by atoms with Crippen molar-refractivity contribution in [1.29, 1.82) is 0 Å². The minimum Gasteiger partial charge on any atom is -0.325 e. The molecule has 1 amide bonds. The molecule has 0 fully saturated rings. The molecular weight excluding hydrogens is 414 g/mol. The van der Waals surface area contributed by atoms with Crippen LogP contribution in [0.15, 0.2) is 39.3 Å². The van der Waals surface area contributed by atoms with E-state index in [1.165, 1.54) is 6.92 Å². The maximum Gasteiger partial charge on any atom is 0.221 e. The first-order chi connectivity index (χ1) is 10.4. The van der Waals surface area contributed by atoms with Gasteiger partial charge in [-0.05, 0) is 37.9 Å². The Labute approximate surface area is 143 Å². The fourth-order valence-electron chi connectivity index (χ4n) is 2.52. The zero-order valence-electron chi connectivity index (χ0n) is 11.4. The van der Waals surface area contributed by atoms with E-state index in [0.29, 0.717) is 25.8 Å². The van der Waals surface area contributed by atoms with E-state index in [1.807, 2.05) is 0 Å². The molecule has 0 saturated heterocycles. The molecular formula is C16H9Br2NO3. The van der Waals surface area contributed by atoms with Crippen LogP contribution in [0.25, 0.3) is 0 Å². The number of rotatable bonds is 1. The third-order valence-corrected chi connectivity index (χ3v) is 4.65. The van der Waals surface area contributed by atoms with Crippen LogP contribution in [0.1, 0.15) is 38.8 Å². The van der Waals surface area contributed by atoms with Gasteiger partial charge in [0.25, 0.3) is 0 Å². The maximum absolute atomic E-state index is 12.8. The summed E-state index contributed by atoms with van der Waals surface area (Å²) in [5, 5.41) is 2.63. The fraction of sp³-hybridized carbons (Fsp3) is 0.0625. The molecule has 0 saturated carbocycles. The van der Waals surface area contributed by atoms with E-state index >= 15 is 0 Å². The number of fused-ring (bicyclic) bond motifs is 2. The van der Waals surface area contributed by atoms with Gasteiger partial charge in [0.2, 0.25) is 5.91 Å². The van der Waals surface area contributed by atoms with Crippen LogP contribution >= 0.6 is 31.9 Å². The predicted molar refractivity (Wildman–Crippen MR) is 89.5 cm³/mol. The molecule has 0 atom stereocenters. The summed E-state index contributed by atoms with van der Waals surface area (Å²) in [6.07, 6.45) is 0. The van der Waals surface area contributed by atoms with Crippen LogP contribution in [0.2, 0.25) is 0 Å². The molecule has 6 heteroatoms. The molecule has 0 unspecified atom stereocenters. The highest BCUT2D eigenvalue weighted by Gasteiger charge is 2.34. The Bertz CT molecular complexity index is 859. The summed E-state index contributed by atoms with van der Waals surface area (Å²) in [6.45, 7) is 1.35. The summed E-state index contributed by atoms with van der Waals surface area (Å²) in [5.41, 5.74) is 1.52. The molecule has 2 aromatic rings. The van der Waals surface area contributed by atoms with Crippen LogP contribution in [0.4, 0.5) is 5.69 Å². The Morgan fingerprint density at radius 2 is 1.50 bits per heavy atom. The molecule has 0 aliphatic heterocycles. The highest BCUT2D eigenvalue weighted by Crippen LogP contribution is 2.40. The molecule has 1 aliphatic carbocycles. The molecule has 3 rings (SSSR count). The van der Waals surface area contributed by atoms with Gasteiger partial charge in [-0.1, -0.05) is 24.3 Å². The Morgan fingerprint density at radius 3 is 2.05 bits per heavy atom. The van der Waals surface area contributed by atoms with Gasteiger partial charge in [-0.25, -0.2) is 0 Å². The fourth-order valence-corrected chi connectivity index (χ4v) is 3.96. The number of carbonyl (C=O) groups is 3. The number of amides is 1. The summed E-state index contributed by atoms with van der Waals surface area (Å²) < 4.78 is 1.05. The van der Waals surface area contributed by atoms with Crippen LogP contribution in [-0.4, -0.2) is 17.5 Å². The van der Waals surface area contributed by atoms with E-state index in [9.17, 15) is 14.4 Å². The minimum absolute atomic E-state index is 0.208. The van der Waals surface area contributed by atoms with Crippen molar-refractivity contribution in [2.75, 3.05) is 5.32 Å². The lowest BCUT2D eigenvalue weighted by Gasteiger charge is -2.22. The quantitative estimate of drug-likeness (QED) is 0.645.